The molecule has 2 rings (SSSR count). The lowest BCUT2D eigenvalue weighted by atomic mass is 10.1. The van der Waals surface area contributed by atoms with E-state index in [0.29, 0.717) is 23.3 Å². The largest absolute Gasteiger partial charge is 0.352 e. The molecule has 1 N–H and O–H groups in total. The van der Waals surface area contributed by atoms with Crippen molar-refractivity contribution in [3.05, 3.63) is 59.5 Å². The minimum atomic E-state index is -0.210. The smallest absolute Gasteiger partial charge is 0.254 e. The molecule has 0 bridgehead atoms. The fourth-order valence-corrected chi connectivity index (χ4v) is 3.52. The number of aryl methyl sites for hydroxylation is 1. The average molecular weight is 375 g/mol. The van der Waals surface area contributed by atoms with E-state index < -0.39 is 0 Å². The van der Waals surface area contributed by atoms with Crippen LogP contribution in [-0.2, 0) is 6.42 Å². The van der Waals surface area contributed by atoms with Gasteiger partial charge >= 0.3 is 0 Å². The molecule has 1 aromatic heterocycles. The van der Waals surface area contributed by atoms with Crippen molar-refractivity contribution >= 4 is 17.7 Å². The van der Waals surface area contributed by atoms with Crippen LogP contribution in [0.2, 0.25) is 0 Å². The summed E-state index contributed by atoms with van der Waals surface area (Å²) >= 11 is 1.61. The number of aromatic nitrogens is 1. The number of rotatable bonds is 9. The van der Waals surface area contributed by atoms with E-state index in [0.717, 1.165) is 29.9 Å². The fraction of sp³-hybridized carbons (Fsp3) is 0.429. The zero-order valence-corrected chi connectivity index (χ0v) is 16.5. The Balaban J connectivity index is 1.91. The van der Waals surface area contributed by atoms with E-state index in [1.807, 2.05) is 18.2 Å². The number of amides is 1. The molecule has 0 aliphatic carbocycles. The molecule has 0 spiro atoms. The molecule has 1 amide bonds. The standard InChI is InChI=1S/C21H27FN2OS/c1-15(2)12-14-23-20(25)19-5-4-13-24-21(19)26-16(3)6-7-17-8-10-18(22)11-9-17/h4-5,8-11,13,15-16H,6-7,12,14H2,1-3H3,(H,23,25). The van der Waals surface area contributed by atoms with Gasteiger partial charge in [-0.3, -0.25) is 4.79 Å². The molecule has 0 radical (unpaired) electrons. The van der Waals surface area contributed by atoms with Crippen molar-refractivity contribution in [1.82, 2.24) is 10.3 Å². The number of hydrogen-bond donors (Lipinski definition) is 1. The van der Waals surface area contributed by atoms with Gasteiger partial charge in [-0.2, -0.15) is 0 Å². The first-order chi connectivity index (χ1) is 12.5. The second-order valence-corrected chi connectivity index (χ2v) is 8.32. The van der Waals surface area contributed by atoms with Crippen molar-refractivity contribution < 1.29 is 9.18 Å². The van der Waals surface area contributed by atoms with Gasteiger partial charge in [-0.05, 0) is 55.0 Å². The van der Waals surface area contributed by atoms with Gasteiger partial charge in [0.05, 0.1) is 5.56 Å². The maximum atomic E-state index is 13.0. The summed E-state index contributed by atoms with van der Waals surface area (Å²) in [5.74, 6) is 0.286. The van der Waals surface area contributed by atoms with Crippen LogP contribution in [0.5, 0.6) is 0 Å². The van der Waals surface area contributed by atoms with Gasteiger partial charge in [0, 0.05) is 18.0 Å². The third-order valence-electron chi connectivity index (χ3n) is 4.09. The topological polar surface area (TPSA) is 42.0 Å². The molecule has 140 valence electrons. The first-order valence-electron chi connectivity index (χ1n) is 9.10. The van der Waals surface area contributed by atoms with Crippen molar-refractivity contribution in [3.63, 3.8) is 0 Å². The van der Waals surface area contributed by atoms with Crippen LogP contribution in [0.4, 0.5) is 4.39 Å². The lowest BCUT2D eigenvalue weighted by molar-refractivity contribution is 0.0948. The van der Waals surface area contributed by atoms with E-state index in [9.17, 15) is 9.18 Å². The number of carbonyl (C=O) groups excluding carboxylic acids is 1. The Hall–Kier alpha value is -1.88. The SMILES string of the molecule is CC(C)CCNC(=O)c1cccnc1SC(C)CCc1ccc(F)cc1. The Morgan fingerprint density at radius 1 is 1.15 bits per heavy atom. The monoisotopic (exact) mass is 374 g/mol. The quantitative estimate of drug-likeness (QED) is 0.620. The summed E-state index contributed by atoms with van der Waals surface area (Å²) in [6.07, 6.45) is 4.49. The van der Waals surface area contributed by atoms with Crippen LogP contribution in [0, 0.1) is 11.7 Å². The third kappa shape index (κ3) is 6.79. The maximum Gasteiger partial charge on any atom is 0.254 e. The van der Waals surface area contributed by atoms with Gasteiger partial charge in [-0.1, -0.05) is 32.9 Å². The molecule has 0 fully saturated rings. The second kappa shape index (κ2) is 10.3. The third-order valence-corrected chi connectivity index (χ3v) is 5.28. The highest BCUT2D eigenvalue weighted by molar-refractivity contribution is 7.99. The van der Waals surface area contributed by atoms with E-state index in [-0.39, 0.29) is 11.7 Å². The van der Waals surface area contributed by atoms with E-state index in [1.54, 1.807) is 24.0 Å². The van der Waals surface area contributed by atoms with Gasteiger partial charge in [-0.25, -0.2) is 9.37 Å². The Labute approximate surface area is 159 Å². The number of pyridine rings is 1. The number of carbonyl (C=O) groups is 1. The molecule has 0 aliphatic heterocycles. The predicted octanol–water partition coefficient (Wildman–Crippen LogP) is 5.11. The lowest BCUT2D eigenvalue weighted by Crippen LogP contribution is -2.26. The Morgan fingerprint density at radius 2 is 1.88 bits per heavy atom. The van der Waals surface area contributed by atoms with Crippen molar-refractivity contribution in [2.24, 2.45) is 5.92 Å². The summed E-state index contributed by atoms with van der Waals surface area (Å²) in [5.41, 5.74) is 1.75. The van der Waals surface area contributed by atoms with Crippen LogP contribution < -0.4 is 5.32 Å². The fourth-order valence-electron chi connectivity index (χ4n) is 2.50. The molecule has 0 saturated heterocycles. The van der Waals surface area contributed by atoms with E-state index in [1.165, 1.54) is 12.1 Å². The van der Waals surface area contributed by atoms with E-state index >= 15 is 0 Å². The van der Waals surface area contributed by atoms with E-state index in [2.05, 4.69) is 31.1 Å². The summed E-state index contributed by atoms with van der Waals surface area (Å²) in [6.45, 7) is 7.08. The minimum absolute atomic E-state index is 0.0630. The van der Waals surface area contributed by atoms with Crippen LogP contribution in [-0.4, -0.2) is 22.7 Å². The minimum Gasteiger partial charge on any atom is -0.352 e. The molecule has 2 aromatic rings. The van der Waals surface area contributed by atoms with Crippen molar-refractivity contribution in [3.8, 4) is 0 Å². The van der Waals surface area contributed by atoms with Gasteiger partial charge in [0.1, 0.15) is 10.8 Å². The summed E-state index contributed by atoms with van der Waals surface area (Å²) in [6, 6.07) is 10.2. The Kier molecular flexibility index (Phi) is 8.10. The molecule has 1 unspecified atom stereocenters. The van der Waals surface area contributed by atoms with Crippen molar-refractivity contribution in [2.45, 2.75) is 50.3 Å². The Bertz CT molecular complexity index is 703. The average Bonchev–Trinajstić information content (AvgIpc) is 2.61. The number of benzene rings is 1. The summed E-state index contributed by atoms with van der Waals surface area (Å²) in [7, 11) is 0. The number of thioether (sulfide) groups is 1. The summed E-state index contributed by atoms with van der Waals surface area (Å²) in [5, 5.41) is 4.05. The van der Waals surface area contributed by atoms with Crippen LogP contribution >= 0.6 is 11.8 Å². The van der Waals surface area contributed by atoms with Crippen molar-refractivity contribution in [2.75, 3.05) is 6.54 Å². The normalized spacial score (nSPS) is 12.2. The highest BCUT2D eigenvalue weighted by Gasteiger charge is 2.15. The van der Waals surface area contributed by atoms with Gasteiger partial charge in [0.15, 0.2) is 0 Å². The van der Waals surface area contributed by atoms with Crippen LogP contribution in [0.15, 0.2) is 47.6 Å². The maximum absolute atomic E-state index is 13.0. The van der Waals surface area contributed by atoms with Crippen molar-refractivity contribution in [1.29, 1.82) is 0 Å². The van der Waals surface area contributed by atoms with Crippen LogP contribution in [0.1, 0.15) is 49.5 Å². The number of halogens is 1. The van der Waals surface area contributed by atoms with E-state index in [4.69, 9.17) is 0 Å². The molecule has 0 saturated carbocycles. The molecule has 3 nitrogen and oxygen atoms in total. The molecule has 1 aromatic carbocycles. The lowest BCUT2D eigenvalue weighted by Gasteiger charge is -2.14. The first kappa shape index (κ1) is 20.4. The molecule has 0 aliphatic rings. The molecule has 5 heteroatoms. The summed E-state index contributed by atoms with van der Waals surface area (Å²) < 4.78 is 13.0. The van der Waals surface area contributed by atoms with Crippen LogP contribution in [0.3, 0.4) is 0 Å². The van der Waals surface area contributed by atoms with Gasteiger partial charge in [-0.15, -0.1) is 11.8 Å². The van der Waals surface area contributed by atoms with Gasteiger partial charge in [0.25, 0.3) is 5.91 Å². The molecular formula is C21H27FN2OS. The number of nitrogens with one attached hydrogen (secondary N) is 1. The summed E-state index contributed by atoms with van der Waals surface area (Å²) in [4.78, 5) is 16.8. The number of nitrogens with zero attached hydrogens (tertiary/aromatic N) is 1. The highest BCUT2D eigenvalue weighted by atomic mass is 32.2. The first-order valence-corrected chi connectivity index (χ1v) is 9.98. The van der Waals surface area contributed by atoms with Crippen LogP contribution in [0.25, 0.3) is 0 Å². The zero-order chi connectivity index (χ0) is 18.9. The molecule has 1 heterocycles. The second-order valence-electron chi connectivity index (χ2n) is 6.89. The molecular weight excluding hydrogens is 347 g/mol. The van der Waals surface area contributed by atoms with Gasteiger partial charge < -0.3 is 5.32 Å². The number of hydrogen-bond acceptors (Lipinski definition) is 3. The predicted molar refractivity (Wildman–Crippen MR) is 106 cm³/mol. The molecule has 26 heavy (non-hydrogen) atoms. The Morgan fingerprint density at radius 3 is 2.58 bits per heavy atom. The highest BCUT2D eigenvalue weighted by Crippen LogP contribution is 2.27. The zero-order valence-electron chi connectivity index (χ0n) is 15.7. The van der Waals surface area contributed by atoms with Gasteiger partial charge in [0.2, 0.25) is 0 Å². The molecule has 1 atom stereocenters.